The molecule has 4 heteroatoms. The van der Waals surface area contributed by atoms with E-state index in [0.29, 0.717) is 10.6 Å². The van der Waals surface area contributed by atoms with E-state index in [2.05, 4.69) is 119 Å². The molecule has 38 heavy (non-hydrogen) atoms. The average molecular weight is 549 g/mol. The molecule has 0 saturated carbocycles. The largest absolute Gasteiger partial charge is 0.625 e. The van der Waals surface area contributed by atoms with Crippen LogP contribution in [0.5, 0.6) is 0 Å². The van der Waals surface area contributed by atoms with E-state index in [1.807, 2.05) is 24.3 Å². The minimum atomic E-state index is -1.94. The molecule has 2 unspecified atom stereocenters. The normalized spacial score (nSPS) is 17.6. The van der Waals surface area contributed by atoms with Crippen molar-refractivity contribution in [1.29, 1.82) is 0 Å². The lowest BCUT2D eigenvalue weighted by atomic mass is 9.81. The first-order valence-electron chi connectivity index (χ1n) is 13.6. The molecule has 0 fully saturated rings. The van der Waals surface area contributed by atoms with Crippen LogP contribution in [0.3, 0.4) is 0 Å². The first-order chi connectivity index (χ1) is 17.2. The minimum Gasteiger partial charge on any atom is -0.625 e. The van der Waals surface area contributed by atoms with Gasteiger partial charge in [0.2, 0.25) is 0 Å². The molecule has 1 aliphatic carbocycles. The van der Waals surface area contributed by atoms with Crippen molar-refractivity contribution in [2.45, 2.75) is 105 Å². The number of hydrogen-bond acceptors (Lipinski definition) is 2. The molecule has 0 amide bonds. The van der Waals surface area contributed by atoms with Crippen LogP contribution in [0.4, 0.5) is 0 Å². The molecule has 0 heterocycles. The molecule has 0 saturated heterocycles. The smallest absolute Gasteiger partial charge is 0.194 e. The van der Waals surface area contributed by atoms with E-state index in [4.69, 9.17) is 0 Å². The van der Waals surface area contributed by atoms with Crippen molar-refractivity contribution in [3.05, 3.63) is 83.0 Å². The highest BCUT2D eigenvalue weighted by Crippen LogP contribution is 2.34. The summed E-state index contributed by atoms with van der Waals surface area (Å²) in [7, 11) is -3.87. The SMILES string of the molecule is CC(C)(C)c1cc(/[P+]([O-])=C2\C=CC=C\C2=[P+](\[O-])c2cc(C(C)(C)C)cc(C(C)(C)C)c2)cc(C(C)(C)C)c1. The highest BCUT2D eigenvalue weighted by Gasteiger charge is 2.29. The zero-order chi connectivity index (χ0) is 28.8. The van der Waals surface area contributed by atoms with Crippen LogP contribution in [0, 0.1) is 0 Å². The molecule has 2 aromatic rings. The van der Waals surface area contributed by atoms with E-state index in [0.717, 1.165) is 32.9 Å². The predicted molar refractivity (Wildman–Crippen MR) is 169 cm³/mol. The second kappa shape index (κ2) is 10.6. The average Bonchev–Trinajstić information content (AvgIpc) is 2.80. The third-order valence-electron chi connectivity index (χ3n) is 7.09. The van der Waals surface area contributed by atoms with Crippen molar-refractivity contribution in [3.8, 4) is 0 Å². The molecule has 0 spiro atoms. The summed E-state index contributed by atoms with van der Waals surface area (Å²) in [5.41, 5.74) is 4.36. The van der Waals surface area contributed by atoms with E-state index in [-0.39, 0.29) is 21.7 Å². The second-order valence-electron chi connectivity index (χ2n) is 14.6. The lowest BCUT2D eigenvalue weighted by Gasteiger charge is -2.26. The van der Waals surface area contributed by atoms with Gasteiger partial charge < -0.3 is 9.79 Å². The number of benzene rings is 2. The molecule has 1 aliphatic rings. The van der Waals surface area contributed by atoms with Gasteiger partial charge in [0.25, 0.3) is 0 Å². The number of rotatable bonds is 2. The summed E-state index contributed by atoms with van der Waals surface area (Å²) in [6, 6.07) is 12.8. The van der Waals surface area contributed by atoms with Gasteiger partial charge in [0.15, 0.2) is 10.6 Å². The van der Waals surface area contributed by atoms with Gasteiger partial charge in [0.05, 0.1) is 0 Å². The molecule has 2 aromatic carbocycles. The first-order valence-corrected chi connectivity index (χ1v) is 16.1. The minimum absolute atomic E-state index is 0.0758. The van der Waals surface area contributed by atoms with Crippen LogP contribution in [0.2, 0.25) is 0 Å². The Balaban J connectivity index is 2.31. The fourth-order valence-electron chi connectivity index (χ4n) is 4.27. The third-order valence-corrected chi connectivity index (χ3v) is 10.4. The van der Waals surface area contributed by atoms with Crippen LogP contribution >= 0.6 is 15.5 Å². The van der Waals surface area contributed by atoms with Crippen molar-refractivity contribution in [2.75, 3.05) is 0 Å². The number of allylic oxidation sites excluding steroid dienone is 4. The zero-order valence-corrected chi connectivity index (χ0v) is 27.3. The van der Waals surface area contributed by atoms with Gasteiger partial charge in [-0.05, 0) is 80.3 Å². The van der Waals surface area contributed by atoms with E-state index in [1.54, 1.807) is 0 Å². The molecule has 2 atom stereocenters. The Kier molecular flexibility index (Phi) is 8.59. The van der Waals surface area contributed by atoms with Gasteiger partial charge in [-0.2, -0.15) is 0 Å². The maximum absolute atomic E-state index is 14.2. The summed E-state index contributed by atoms with van der Waals surface area (Å²) in [5, 5.41) is 2.92. The summed E-state index contributed by atoms with van der Waals surface area (Å²) < 4.78 is 0. The lowest BCUT2D eigenvalue weighted by Crippen LogP contribution is -2.26. The van der Waals surface area contributed by atoms with E-state index in [9.17, 15) is 9.79 Å². The lowest BCUT2D eigenvalue weighted by molar-refractivity contribution is -0.150. The quantitative estimate of drug-likeness (QED) is 0.387. The molecule has 0 N–H and O–H groups in total. The highest BCUT2D eigenvalue weighted by molar-refractivity contribution is 7.70. The van der Waals surface area contributed by atoms with Gasteiger partial charge in [0.1, 0.15) is 26.2 Å². The Labute approximate surface area is 233 Å². The maximum atomic E-state index is 14.2. The van der Waals surface area contributed by atoms with E-state index < -0.39 is 15.5 Å². The van der Waals surface area contributed by atoms with Crippen molar-refractivity contribution in [2.24, 2.45) is 0 Å². The predicted octanol–water partition coefficient (Wildman–Crippen LogP) is 6.81. The van der Waals surface area contributed by atoms with Crippen molar-refractivity contribution >= 4 is 36.7 Å². The fourth-order valence-corrected chi connectivity index (χ4v) is 7.41. The molecule has 0 aromatic heterocycles. The van der Waals surface area contributed by atoms with Crippen molar-refractivity contribution in [3.63, 3.8) is 0 Å². The van der Waals surface area contributed by atoms with Gasteiger partial charge in [-0.15, -0.1) is 0 Å². The van der Waals surface area contributed by atoms with Gasteiger partial charge in [-0.3, -0.25) is 0 Å². The van der Waals surface area contributed by atoms with Crippen LogP contribution in [0.15, 0.2) is 60.7 Å². The van der Waals surface area contributed by atoms with Crippen LogP contribution in [0.1, 0.15) is 105 Å². The van der Waals surface area contributed by atoms with Gasteiger partial charge in [-0.1, -0.05) is 107 Å². The van der Waals surface area contributed by atoms with Crippen LogP contribution in [-0.4, -0.2) is 10.6 Å². The Hall–Kier alpha value is -1.82. The summed E-state index contributed by atoms with van der Waals surface area (Å²) in [4.78, 5) is 28.5. The summed E-state index contributed by atoms with van der Waals surface area (Å²) in [5.74, 6) is 0. The summed E-state index contributed by atoms with van der Waals surface area (Å²) in [6.07, 6.45) is 7.58. The third kappa shape index (κ3) is 7.03. The van der Waals surface area contributed by atoms with Gasteiger partial charge >= 0.3 is 0 Å². The molecule has 0 aliphatic heterocycles. The first kappa shape index (κ1) is 30.7. The van der Waals surface area contributed by atoms with Crippen LogP contribution in [0.25, 0.3) is 0 Å². The molecule has 0 bridgehead atoms. The summed E-state index contributed by atoms with van der Waals surface area (Å²) in [6.45, 7) is 26.2. The van der Waals surface area contributed by atoms with Crippen molar-refractivity contribution < 1.29 is 9.79 Å². The van der Waals surface area contributed by atoms with Crippen LogP contribution in [-0.2, 0) is 21.7 Å². The van der Waals surface area contributed by atoms with E-state index >= 15 is 0 Å². The zero-order valence-electron chi connectivity index (χ0n) is 25.5. The summed E-state index contributed by atoms with van der Waals surface area (Å²) >= 11 is 0. The Morgan fingerprint density at radius 1 is 0.421 bits per heavy atom. The fraction of sp³-hybridized carbons (Fsp3) is 0.471. The monoisotopic (exact) mass is 548 g/mol. The molecule has 2 nitrogen and oxygen atoms in total. The van der Waals surface area contributed by atoms with Gasteiger partial charge in [0, 0.05) is 0 Å². The van der Waals surface area contributed by atoms with E-state index in [1.165, 1.54) is 0 Å². The Morgan fingerprint density at radius 2 is 0.658 bits per heavy atom. The second-order valence-corrected chi connectivity index (χ2v) is 17.8. The molecule has 204 valence electrons. The maximum Gasteiger partial charge on any atom is 0.194 e. The molecular weight excluding hydrogens is 502 g/mol. The Morgan fingerprint density at radius 3 is 0.868 bits per heavy atom. The van der Waals surface area contributed by atoms with Crippen LogP contribution < -0.4 is 20.4 Å². The standard InChI is InChI=1S/C34H46O2P2/c1-31(2,3)23-17-24(32(4,5)6)20-27(19-23)37(35)29-15-13-14-16-30(29)38(36)28-21-25(33(7,8)9)18-26(22-28)34(10,11)12/h13-22H,1-12H3. The molecular formula is C34H46O2P2. The number of hydrogen-bond donors (Lipinski definition) is 0. The highest BCUT2D eigenvalue weighted by atomic mass is 31.1. The molecule has 0 radical (unpaired) electrons. The topological polar surface area (TPSA) is 46.1 Å². The van der Waals surface area contributed by atoms with Gasteiger partial charge in [-0.25, -0.2) is 0 Å². The Bertz CT molecular complexity index is 1170. The molecule has 3 rings (SSSR count). The van der Waals surface area contributed by atoms with Crippen molar-refractivity contribution in [1.82, 2.24) is 0 Å².